The first kappa shape index (κ1) is 14.5. The van der Waals surface area contributed by atoms with Gasteiger partial charge < -0.3 is 9.84 Å². The van der Waals surface area contributed by atoms with Crippen LogP contribution in [0.2, 0.25) is 0 Å². The molecule has 0 saturated heterocycles. The van der Waals surface area contributed by atoms with Crippen molar-refractivity contribution in [2.24, 2.45) is 0 Å². The summed E-state index contributed by atoms with van der Waals surface area (Å²) in [5.41, 5.74) is 0. The third kappa shape index (κ3) is 1.78. The summed E-state index contributed by atoms with van der Waals surface area (Å²) < 4.78 is 77.7. The number of halogens is 6. The molecule has 0 aliphatic carbocycles. The Labute approximate surface area is 83.8 Å². The van der Waals surface area contributed by atoms with Crippen LogP contribution in [0.15, 0.2) is 0 Å². The van der Waals surface area contributed by atoms with Gasteiger partial charge >= 0.3 is 29.7 Å². The highest BCUT2D eigenvalue weighted by atomic mass is 19.3. The first-order chi connectivity index (χ1) is 6.92. The fourth-order valence-corrected chi connectivity index (χ4v) is 0.588. The normalized spacial score (nSPS) is 13.4. The minimum Gasteiger partial charge on any atom is -0.477 e. The van der Waals surface area contributed by atoms with E-state index in [0.29, 0.717) is 0 Å². The van der Waals surface area contributed by atoms with Crippen LogP contribution in [0.3, 0.4) is 0 Å². The molecule has 0 aromatic heterocycles. The van der Waals surface area contributed by atoms with Gasteiger partial charge in [-0.3, -0.25) is 0 Å². The number of carbonyl (C=O) groups excluding carboxylic acids is 1. The monoisotopic (exact) mass is 254 g/mol. The first-order valence-corrected chi connectivity index (χ1v) is 3.38. The average Bonchev–Trinajstić information content (AvgIpc) is 2.15. The van der Waals surface area contributed by atoms with Crippen molar-refractivity contribution in [3.8, 4) is 0 Å². The predicted octanol–water partition coefficient (Wildman–Crippen LogP) is 1.15. The van der Waals surface area contributed by atoms with E-state index in [9.17, 15) is 35.9 Å². The average molecular weight is 254 g/mol. The molecule has 0 fully saturated rings. The zero-order valence-corrected chi connectivity index (χ0v) is 7.44. The number of hydrogen-bond donors (Lipinski definition) is 1. The van der Waals surface area contributed by atoms with Crippen LogP contribution in [0.5, 0.6) is 0 Å². The topological polar surface area (TPSA) is 63.6 Å². The van der Waals surface area contributed by atoms with Crippen LogP contribution in [0.25, 0.3) is 0 Å². The van der Waals surface area contributed by atoms with Crippen molar-refractivity contribution in [2.75, 3.05) is 7.11 Å². The second-order valence-corrected chi connectivity index (χ2v) is 2.52. The highest BCUT2D eigenvalue weighted by Gasteiger charge is 2.79. The van der Waals surface area contributed by atoms with E-state index >= 15 is 0 Å². The van der Waals surface area contributed by atoms with E-state index in [1.807, 2.05) is 0 Å². The lowest BCUT2D eigenvalue weighted by Gasteiger charge is -2.28. The molecule has 10 heteroatoms. The minimum absolute atomic E-state index is 0.255. The number of esters is 1. The Balaban J connectivity index is 5.51. The van der Waals surface area contributed by atoms with Gasteiger partial charge in [-0.2, -0.15) is 26.3 Å². The zero-order chi connectivity index (χ0) is 13.4. The quantitative estimate of drug-likeness (QED) is 0.603. The number of methoxy groups -OCH3 is 1. The molecule has 0 atom stereocenters. The lowest BCUT2D eigenvalue weighted by Crippen LogP contribution is -2.61. The van der Waals surface area contributed by atoms with Gasteiger partial charge in [-0.05, 0) is 0 Å². The van der Waals surface area contributed by atoms with E-state index in [1.54, 1.807) is 0 Å². The SMILES string of the molecule is COC(=O)C(F)(F)C(F)(F)C(F)(F)C(=O)O. The number of carbonyl (C=O) groups is 2. The van der Waals surface area contributed by atoms with Crippen molar-refractivity contribution >= 4 is 11.9 Å². The van der Waals surface area contributed by atoms with Crippen LogP contribution in [0.1, 0.15) is 0 Å². The van der Waals surface area contributed by atoms with Gasteiger partial charge in [0.2, 0.25) is 0 Å². The third-order valence-corrected chi connectivity index (χ3v) is 1.50. The Morgan fingerprint density at radius 3 is 1.62 bits per heavy atom. The molecule has 0 unspecified atom stereocenters. The number of hydrogen-bond acceptors (Lipinski definition) is 3. The van der Waals surface area contributed by atoms with Gasteiger partial charge in [0.05, 0.1) is 7.11 Å². The van der Waals surface area contributed by atoms with Crippen LogP contribution < -0.4 is 0 Å². The van der Waals surface area contributed by atoms with Crippen molar-refractivity contribution in [1.82, 2.24) is 0 Å². The molecule has 1 N–H and O–H groups in total. The Bertz CT molecular complexity index is 312. The zero-order valence-electron chi connectivity index (χ0n) is 7.44. The summed E-state index contributed by atoms with van der Waals surface area (Å²) in [5, 5.41) is 7.68. The molecule has 0 aliphatic heterocycles. The van der Waals surface area contributed by atoms with E-state index in [-0.39, 0.29) is 7.11 Å². The molecule has 0 radical (unpaired) electrons. The Morgan fingerprint density at radius 1 is 1.00 bits per heavy atom. The summed E-state index contributed by atoms with van der Waals surface area (Å²) in [6, 6.07) is 0. The van der Waals surface area contributed by atoms with Gasteiger partial charge in [-0.1, -0.05) is 0 Å². The number of aliphatic carboxylic acids is 1. The van der Waals surface area contributed by atoms with E-state index in [4.69, 9.17) is 5.11 Å². The Hall–Kier alpha value is -1.48. The van der Waals surface area contributed by atoms with Crippen molar-refractivity contribution in [1.29, 1.82) is 0 Å². The molecule has 0 aliphatic rings. The largest absolute Gasteiger partial charge is 0.477 e. The van der Waals surface area contributed by atoms with Gasteiger partial charge in [-0.25, -0.2) is 9.59 Å². The van der Waals surface area contributed by atoms with Crippen LogP contribution in [-0.2, 0) is 14.3 Å². The molecule has 0 amide bonds. The standard InChI is InChI=1S/C6H4F6O4/c1-16-3(15)5(9,10)6(11,12)4(7,8)2(13)14/h1H3,(H,13,14). The van der Waals surface area contributed by atoms with Crippen molar-refractivity contribution in [2.45, 2.75) is 17.8 Å². The molecule has 94 valence electrons. The van der Waals surface area contributed by atoms with Crippen LogP contribution in [0, 0.1) is 0 Å². The van der Waals surface area contributed by atoms with E-state index in [0.717, 1.165) is 0 Å². The fraction of sp³-hybridized carbons (Fsp3) is 0.667. The van der Waals surface area contributed by atoms with Crippen LogP contribution >= 0.6 is 0 Å². The molecular weight excluding hydrogens is 250 g/mol. The smallest absolute Gasteiger partial charge is 0.411 e. The molecule has 0 spiro atoms. The third-order valence-electron chi connectivity index (χ3n) is 1.50. The summed E-state index contributed by atoms with van der Waals surface area (Å²) in [7, 11) is 0.255. The van der Waals surface area contributed by atoms with E-state index in [1.165, 1.54) is 0 Å². The summed E-state index contributed by atoms with van der Waals surface area (Å²) in [6.45, 7) is 0. The Kier molecular flexibility index (Phi) is 3.48. The number of carboxylic acid groups (broad SMARTS) is 1. The summed E-state index contributed by atoms with van der Waals surface area (Å²) in [4.78, 5) is 19.9. The number of alkyl halides is 6. The maximum absolute atomic E-state index is 12.5. The lowest BCUT2D eigenvalue weighted by atomic mass is 10.1. The number of rotatable bonds is 4. The van der Waals surface area contributed by atoms with Crippen molar-refractivity contribution in [3.05, 3.63) is 0 Å². The minimum atomic E-state index is -6.40. The summed E-state index contributed by atoms with van der Waals surface area (Å²) in [6.07, 6.45) is 0. The molecule has 16 heavy (non-hydrogen) atoms. The van der Waals surface area contributed by atoms with E-state index in [2.05, 4.69) is 4.74 Å². The molecule has 4 nitrogen and oxygen atoms in total. The second kappa shape index (κ2) is 3.83. The van der Waals surface area contributed by atoms with Gasteiger partial charge in [0.25, 0.3) is 0 Å². The number of ether oxygens (including phenoxy) is 1. The summed E-state index contributed by atoms with van der Waals surface area (Å²) >= 11 is 0. The fourth-order valence-electron chi connectivity index (χ4n) is 0.588. The molecule has 0 rings (SSSR count). The molecule has 0 bridgehead atoms. The van der Waals surface area contributed by atoms with Crippen molar-refractivity contribution in [3.63, 3.8) is 0 Å². The lowest BCUT2D eigenvalue weighted by molar-refractivity contribution is -0.299. The maximum Gasteiger partial charge on any atom is 0.411 e. The van der Waals surface area contributed by atoms with Gasteiger partial charge in [0.1, 0.15) is 0 Å². The first-order valence-electron chi connectivity index (χ1n) is 3.38. The van der Waals surface area contributed by atoms with Crippen molar-refractivity contribution < 1.29 is 45.8 Å². The van der Waals surface area contributed by atoms with E-state index < -0.39 is 29.7 Å². The molecular formula is C6H4F6O4. The van der Waals surface area contributed by atoms with Gasteiger partial charge in [0.15, 0.2) is 0 Å². The molecule has 0 heterocycles. The highest BCUT2D eigenvalue weighted by Crippen LogP contribution is 2.46. The molecule has 0 aromatic rings. The maximum atomic E-state index is 12.5. The van der Waals surface area contributed by atoms with Crippen LogP contribution in [0.4, 0.5) is 26.3 Å². The number of carboxylic acids is 1. The summed E-state index contributed by atoms with van der Waals surface area (Å²) in [5.74, 6) is -24.9. The molecule has 0 aromatic carbocycles. The molecule has 0 saturated carbocycles. The second-order valence-electron chi connectivity index (χ2n) is 2.52. The predicted molar refractivity (Wildman–Crippen MR) is 34.5 cm³/mol. The van der Waals surface area contributed by atoms with Gasteiger partial charge in [-0.15, -0.1) is 0 Å². The van der Waals surface area contributed by atoms with Crippen LogP contribution in [-0.4, -0.2) is 41.9 Å². The van der Waals surface area contributed by atoms with Gasteiger partial charge in [0, 0.05) is 0 Å². The highest BCUT2D eigenvalue weighted by molar-refractivity contribution is 5.83. The Morgan fingerprint density at radius 2 is 1.38 bits per heavy atom.